The zero-order valence-electron chi connectivity index (χ0n) is 13.4. The summed E-state index contributed by atoms with van der Waals surface area (Å²) in [5, 5.41) is 13.0. The minimum absolute atomic E-state index is 0.184. The number of aliphatic carboxylic acids is 1. The highest BCUT2D eigenvalue weighted by atomic mass is 79.9. The van der Waals surface area contributed by atoms with Gasteiger partial charge in [0, 0.05) is 34.4 Å². The molecule has 5 nitrogen and oxygen atoms in total. The Labute approximate surface area is 143 Å². The number of carboxylic acids is 1. The van der Waals surface area contributed by atoms with Crippen LogP contribution in [0.5, 0.6) is 0 Å². The molecule has 1 aromatic carbocycles. The Morgan fingerprint density at radius 2 is 2.04 bits per heavy atom. The number of fused-ring (bicyclic) bond motifs is 1. The first-order valence-electron chi connectivity index (χ1n) is 7.44. The summed E-state index contributed by atoms with van der Waals surface area (Å²) in [5.41, 5.74) is 1.60. The van der Waals surface area contributed by atoms with E-state index in [0.29, 0.717) is 0 Å². The maximum atomic E-state index is 12.0. The smallest absolute Gasteiger partial charge is 0.326 e. The van der Waals surface area contributed by atoms with Gasteiger partial charge < -0.3 is 15.4 Å². The van der Waals surface area contributed by atoms with Crippen LogP contribution in [-0.2, 0) is 16.0 Å². The molecular formula is C17H21BrN2O3. The summed E-state index contributed by atoms with van der Waals surface area (Å²) in [6.45, 7) is 5.83. The number of halogens is 1. The van der Waals surface area contributed by atoms with Crippen LogP contribution in [0.2, 0.25) is 0 Å². The van der Waals surface area contributed by atoms with Crippen molar-refractivity contribution < 1.29 is 14.7 Å². The topological polar surface area (TPSA) is 82.2 Å². The highest BCUT2D eigenvalue weighted by Crippen LogP contribution is 2.28. The summed E-state index contributed by atoms with van der Waals surface area (Å²) in [7, 11) is 0. The van der Waals surface area contributed by atoms with Crippen molar-refractivity contribution >= 4 is 38.7 Å². The van der Waals surface area contributed by atoms with Gasteiger partial charge in [-0.25, -0.2) is 4.79 Å². The van der Waals surface area contributed by atoms with Crippen LogP contribution < -0.4 is 5.32 Å². The van der Waals surface area contributed by atoms with Gasteiger partial charge in [0.25, 0.3) is 0 Å². The van der Waals surface area contributed by atoms with Crippen molar-refractivity contribution in [2.45, 2.75) is 39.7 Å². The number of benzene rings is 1. The predicted molar refractivity (Wildman–Crippen MR) is 93.3 cm³/mol. The summed E-state index contributed by atoms with van der Waals surface area (Å²) in [6, 6.07) is 4.80. The number of amides is 1. The molecule has 3 N–H and O–H groups in total. The molecule has 6 heteroatoms. The van der Waals surface area contributed by atoms with E-state index in [1.54, 1.807) is 6.20 Å². The van der Waals surface area contributed by atoms with Gasteiger partial charge in [0.05, 0.1) is 0 Å². The fraction of sp³-hybridized carbons (Fsp3) is 0.412. The molecule has 0 spiro atoms. The second-order valence-electron chi connectivity index (χ2n) is 6.88. The number of carboxylic acid groups (broad SMARTS) is 1. The summed E-state index contributed by atoms with van der Waals surface area (Å²) in [5.74, 6) is -1.28. The molecule has 1 aromatic heterocycles. The summed E-state index contributed by atoms with van der Waals surface area (Å²) < 4.78 is 0.899. The summed E-state index contributed by atoms with van der Waals surface area (Å²) in [6.07, 6.45) is 2.31. The van der Waals surface area contributed by atoms with E-state index in [-0.39, 0.29) is 24.2 Å². The monoisotopic (exact) mass is 380 g/mol. The lowest BCUT2D eigenvalue weighted by molar-refractivity contribution is -0.142. The number of hydrogen-bond donors (Lipinski definition) is 3. The van der Waals surface area contributed by atoms with Gasteiger partial charge in [-0.05, 0) is 23.1 Å². The molecule has 0 aliphatic rings. The van der Waals surface area contributed by atoms with E-state index in [9.17, 15) is 14.7 Å². The first-order valence-corrected chi connectivity index (χ1v) is 8.23. The summed E-state index contributed by atoms with van der Waals surface area (Å²) in [4.78, 5) is 26.7. The molecule has 1 atom stereocenters. The van der Waals surface area contributed by atoms with Crippen molar-refractivity contribution in [2.75, 3.05) is 0 Å². The zero-order valence-corrected chi connectivity index (χ0v) is 15.0. The first-order chi connectivity index (χ1) is 10.7. The Balaban J connectivity index is 2.19. The van der Waals surface area contributed by atoms with E-state index >= 15 is 0 Å². The van der Waals surface area contributed by atoms with Crippen LogP contribution in [0, 0.1) is 5.41 Å². The Bertz CT molecular complexity index is 731. The Morgan fingerprint density at radius 3 is 2.65 bits per heavy atom. The fourth-order valence-corrected chi connectivity index (χ4v) is 3.14. The van der Waals surface area contributed by atoms with Gasteiger partial charge in [-0.3, -0.25) is 4.79 Å². The van der Waals surface area contributed by atoms with Gasteiger partial charge in [0.2, 0.25) is 5.91 Å². The molecule has 2 rings (SSSR count). The van der Waals surface area contributed by atoms with Gasteiger partial charge in [-0.1, -0.05) is 42.8 Å². The van der Waals surface area contributed by atoms with E-state index in [0.717, 1.165) is 20.9 Å². The van der Waals surface area contributed by atoms with Crippen molar-refractivity contribution in [3.8, 4) is 0 Å². The zero-order chi connectivity index (χ0) is 17.2. The van der Waals surface area contributed by atoms with Gasteiger partial charge in [-0.15, -0.1) is 0 Å². The number of carbonyl (C=O) groups is 2. The van der Waals surface area contributed by atoms with E-state index in [1.807, 2.05) is 39.0 Å². The molecule has 0 aliphatic heterocycles. The van der Waals surface area contributed by atoms with Crippen molar-refractivity contribution in [3.63, 3.8) is 0 Å². The predicted octanol–water partition coefficient (Wildman–Crippen LogP) is 3.48. The van der Waals surface area contributed by atoms with E-state index < -0.39 is 12.0 Å². The van der Waals surface area contributed by atoms with Crippen LogP contribution in [-0.4, -0.2) is 28.0 Å². The van der Waals surface area contributed by atoms with Crippen LogP contribution in [0.15, 0.2) is 28.9 Å². The van der Waals surface area contributed by atoms with Crippen LogP contribution in [0.4, 0.5) is 0 Å². The molecule has 0 aliphatic carbocycles. The number of hydrogen-bond acceptors (Lipinski definition) is 2. The molecule has 124 valence electrons. The molecule has 23 heavy (non-hydrogen) atoms. The maximum absolute atomic E-state index is 12.0. The second-order valence-corrected chi connectivity index (χ2v) is 7.73. The SMILES string of the molecule is CC(C)(C)CC(=O)NC(Cc1c[nH]c2cccc(Br)c12)C(=O)O. The van der Waals surface area contributed by atoms with Crippen molar-refractivity contribution in [3.05, 3.63) is 34.4 Å². The lowest BCUT2D eigenvalue weighted by atomic mass is 9.91. The van der Waals surface area contributed by atoms with Crippen LogP contribution in [0.3, 0.4) is 0 Å². The molecule has 0 radical (unpaired) electrons. The summed E-state index contributed by atoms with van der Waals surface area (Å²) >= 11 is 3.49. The first kappa shape index (κ1) is 17.5. The molecule has 2 aromatic rings. The second kappa shape index (κ2) is 6.74. The van der Waals surface area contributed by atoms with Crippen LogP contribution in [0.1, 0.15) is 32.8 Å². The van der Waals surface area contributed by atoms with E-state index in [4.69, 9.17) is 0 Å². The Kier molecular flexibility index (Phi) is 5.14. The highest BCUT2D eigenvalue weighted by Gasteiger charge is 2.24. The standard InChI is InChI=1S/C17H21BrN2O3/c1-17(2,3)8-14(21)20-13(16(22)23)7-10-9-19-12-6-4-5-11(18)15(10)12/h4-6,9,13,19H,7-8H2,1-3H3,(H,20,21)(H,22,23). The van der Waals surface area contributed by atoms with E-state index in [2.05, 4.69) is 26.2 Å². The van der Waals surface area contributed by atoms with Gasteiger partial charge in [-0.2, -0.15) is 0 Å². The number of aromatic amines is 1. The number of nitrogens with one attached hydrogen (secondary N) is 2. The molecule has 0 fully saturated rings. The minimum atomic E-state index is -1.03. The largest absolute Gasteiger partial charge is 0.480 e. The van der Waals surface area contributed by atoms with Gasteiger partial charge in [0.1, 0.15) is 6.04 Å². The molecule has 1 unspecified atom stereocenters. The lowest BCUT2D eigenvalue weighted by Crippen LogP contribution is -2.43. The maximum Gasteiger partial charge on any atom is 0.326 e. The Hall–Kier alpha value is -1.82. The van der Waals surface area contributed by atoms with Crippen molar-refractivity contribution in [1.29, 1.82) is 0 Å². The lowest BCUT2D eigenvalue weighted by Gasteiger charge is -2.20. The van der Waals surface area contributed by atoms with Gasteiger partial charge in [0.15, 0.2) is 0 Å². The third-order valence-corrected chi connectivity index (χ3v) is 4.15. The molecule has 1 amide bonds. The number of aromatic nitrogens is 1. The molecule has 0 saturated heterocycles. The number of carbonyl (C=O) groups excluding carboxylic acids is 1. The van der Waals surface area contributed by atoms with Crippen molar-refractivity contribution in [2.24, 2.45) is 5.41 Å². The van der Waals surface area contributed by atoms with E-state index in [1.165, 1.54) is 0 Å². The van der Waals surface area contributed by atoms with Gasteiger partial charge >= 0.3 is 5.97 Å². The highest BCUT2D eigenvalue weighted by molar-refractivity contribution is 9.10. The van der Waals surface area contributed by atoms with Crippen molar-refractivity contribution in [1.82, 2.24) is 10.3 Å². The fourth-order valence-electron chi connectivity index (χ4n) is 2.52. The third-order valence-electron chi connectivity index (χ3n) is 3.48. The molecule has 0 saturated carbocycles. The Morgan fingerprint density at radius 1 is 1.35 bits per heavy atom. The average Bonchev–Trinajstić information content (AvgIpc) is 2.80. The van der Waals surface area contributed by atoms with Crippen LogP contribution in [0.25, 0.3) is 10.9 Å². The average molecular weight is 381 g/mol. The molecule has 0 bridgehead atoms. The normalized spacial score (nSPS) is 13.0. The minimum Gasteiger partial charge on any atom is -0.480 e. The quantitative estimate of drug-likeness (QED) is 0.742. The molecule has 1 heterocycles. The van der Waals surface area contributed by atoms with Crippen LogP contribution >= 0.6 is 15.9 Å². The number of rotatable bonds is 5. The number of H-pyrrole nitrogens is 1. The third kappa shape index (κ3) is 4.58. The molecular weight excluding hydrogens is 360 g/mol.